The van der Waals surface area contributed by atoms with Gasteiger partial charge in [-0.1, -0.05) is 26.0 Å². The molecule has 154 valence electrons. The Morgan fingerprint density at radius 3 is 2.60 bits per heavy atom. The van der Waals surface area contributed by atoms with Gasteiger partial charge in [-0.3, -0.25) is 9.59 Å². The molecule has 0 radical (unpaired) electrons. The number of hydrogen-bond acceptors (Lipinski definition) is 2. The molecule has 0 N–H and O–H groups in total. The van der Waals surface area contributed by atoms with Crippen LogP contribution in [0.15, 0.2) is 49.1 Å². The fourth-order valence-electron chi connectivity index (χ4n) is 4.45. The fourth-order valence-corrected chi connectivity index (χ4v) is 4.45. The number of rotatable bonds is 5. The number of allylic oxidation sites excluding steroid dienone is 1. The molecule has 1 amide bonds. The van der Waals surface area contributed by atoms with E-state index in [1.54, 1.807) is 6.92 Å². The van der Waals surface area contributed by atoms with Crippen molar-refractivity contribution in [2.24, 2.45) is 0 Å². The quantitative estimate of drug-likeness (QED) is 0.409. The van der Waals surface area contributed by atoms with Gasteiger partial charge in [0.25, 0.3) is 5.91 Å². The van der Waals surface area contributed by atoms with E-state index in [0.717, 1.165) is 34.1 Å². The maximum Gasteiger partial charge on any atom is 0.275 e. The second-order valence-corrected chi connectivity index (χ2v) is 8.41. The van der Waals surface area contributed by atoms with Gasteiger partial charge in [0.1, 0.15) is 5.69 Å². The Morgan fingerprint density at radius 2 is 1.93 bits per heavy atom. The summed E-state index contributed by atoms with van der Waals surface area (Å²) in [7, 11) is 0. The van der Waals surface area contributed by atoms with E-state index in [1.165, 1.54) is 5.56 Å². The molecule has 0 aliphatic carbocycles. The van der Waals surface area contributed by atoms with Crippen molar-refractivity contribution in [3.05, 3.63) is 77.0 Å². The summed E-state index contributed by atoms with van der Waals surface area (Å²) in [5.41, 5.74) is 6.71. The summed E-state index contributed by atoms with van der Waals surface area (Å²) < 4.78 is 2.08. The van der Waals surface area contributed by atoms with Gasteiger partial charge in [-0.05, 0) is 73.2 Å². The lowest BCUT2D eigenvalue weighted by atomic mass is 10.0. The maximum absolute atomic E-state index is 13.7. The normalized spacial score (nSPS) is 13.2. The second kappa shape index (κ2) is 7.60. The van der Waals surface area contributed by atoms with Gasteiger partial charge < -0.3 is 9.47 Å². The van der Waals surface area contributed by atoms with Crippen LogP contribution in [0.2, 0.25) is 0 Å². The lowest BCUT2D eigenvalue weighted by molar-refractivity contribution is 0.0979. The zero-order valence-electron chi connectivity index (χ0n) is 18.2. The molecule has 1 aliphatic rings. The SMILES string of the molecule is C=CCn1c(C(=O)N2CCc3cc(C(C)=O)ccc32)c(C)c2cc(C(C)C)ccc21. The number of amides is 1. The summed E-state index contributed by atoms with van der Waals surface area (Å²) in [6, 6.07) is 12.1. The smallest absolute Gasteiger partial charge is 0.275 e. The molecule has 0 fully saturated rings. The van der Waals surface area contributed by atoms with Crippen LogP contribution >= 0.6 is 0 Å². The third-order valence-electron chi connectivity index (χ3n) is 6.15. The highest BCUT2D eigenvalue weighted by Crippen LogP contribution is 2.34. The Hall–Kier alpha value is -3.14. The van der Waals surface area contributed by atoms with Crippen LogP contribution in [0, 0.1) is 6.92 Å². The minimum Gasteiger partial charge on any atom is -0.332 e. The van der Waals surface area contributed by atoms with E-state index in [9.17, 15) is 9.59 Å². The van der Waals surface area contributed by atoms with E-state index >= 15 is 0 Å². The van der Waals surface area contributed by atoms with Crippen molar-refractivity contribution in [3.63, 3.8) is 0 Å². The highest BCUT2D eigenvalue weighted by atomic mass is 16.2. The van der Waals surface area contributed by atoms with Gasteiger partial charge in [-0.2, -0.15) is 0 Å². The number of benzene rings is 2. The largest absolute Gasteiger partial charge is 0.332 e. The molecular weight excluding hydrogens is 372 g/mol. The standard InChI is InChI=1S/C26H28N2O2/c1-6-12-27-24-10-7-19(16(2)3)15-22(24)17(4)25(27)26(30)28-13-11-21-14-20(18(5)29)8-9-23(21)28/h6-10,14-16H,1,11-13H2,2-5H3. The summed E-state index contributed by atoms with van der Waals surface area (Å²) in [5, 5.41) is 1.12. The monoisotopic (exact) mass is 400 g/mol. The molecule has 0 saturated heterocycles. The van der Waals surface area contributed by atoms with Gasteiger partial charge in [-0.15, -0.1) is 6.58 Å². The molecule has 0 saturated carbocycles. The molecule has 4 nitrogen and oxygen atoms in total. The Bertz CT molecular complexity index is 1180. The average Bonchev–Trinajstić information content (AvgIpc) is 3.26. The molecule has 1 aromatic heterocycles. The first-order valence-corrected chi connectivity index (χ1v) is 10.5. The average molecular weight is 401 g/mol. The maximum atomic E-state index is 13.7. The first kappa shape index (κ1) is 20.1. The van der Waals surface area contributed by atoms with Crippen molar-refractivity contribution in [1.29, 1.82) is 0 Å². The van der Waals surface area contributed by atoms with Crippen molar-refractivity contribution in [3.8, 4) is 0 Å². The zero-order chi connectivity index (χ0) is 21.6. The van der Waals surface area contributed by atoms with E-state index in [0.29, 0.717) is 30.3 Å². The molecule has 0 bridgehead atoms. The summed E-state index contributed by atoms with van der Waals surface area (Å²) in [6.07, 6.45) is 2.60. The Balaban J connectivity index is 1.83. The lowest BCUT2D eigenvalue weighted by Gasteiger charge is -2.19. The Morgan fingerprint density at radius 1 is 1.17 bits per heavy atom. The van der Waals surface area contributed by atoms with Crippen molar-refractivity contribution in [2.45, 2.75) is 46.6 Å². The summed E-state index contributed by atoms with van der Waals surface area (Å²) in [5.74, 6) is 0.480. The van der Waals surface area contributed by atoms with Crippen LogP contribution in [0.3, 0.4) is 0 Å². The predicted octanol–water partition coefficient (Wildman–Crippen LogP) is 5.66. The van der Waals surface area contributed by atoms with Gasteiger partial charge in [0.05, 0.1) is 0 Å². The van der Waals surface area contributed by atoms with Crippen LogP contribution in [0.25, 0.3) is 10.9 Å². The van der Waals surface area contributed by atoms with Gasteiger partial charge >= 0.3 is 0 Å². The number of carbonyl (C=O) groups excluding carboxylic acids is 2. The number of ketones is 1. The predicted molar refractivity (Wildman–Crippen MR) is 123 cm³/mol. The summed E-state index contributed by atoms with van der Waals surface area (Å²) in [6.45, 7) is 13.1. The molecule has 2 heterocycles. The number of aryl methyl sites for hydroxylation is 1. The van der Waals surface area contributed by atoms with Crippen molar-refractivity contribution >= 4 is 28.3 Å². The van der Waals surface area contributed by atoms with Crippen LogP contribution in [-0.4, -0.2) is 22.8 Å². The van der Waals surface area contributed by atoms with Crippen LogP contribution in [0.1, 0.15) is 64.2 Å². The first-order chi connectivity index (χ1) is 14.3. The molecule has 1 aliphatic heterocycles. The van der Waals surface area contributed by atoms with E-state index < -0.39 is 0 Å². The number of anilines is 1. The lowest BCUT2D eigenvalue weighted by Crippen LogP contribution is -2.31. The van der Waals surface area contributed by atoms with Crippen molar-refractivity contribution in [1.82, 2.24) is 4.57 Å². The van der Waals surface area contributed by atoms with Gasteiger partial charge in [0.2, 0.25) is 0 Å². The first-order valence-electron chi connectivity index (χ1n) is 10.5. The third-order valence-corrected chi connectivity index (χ3v) is 6.15. The van der Waals surface area contributed by atoms with Crippen LogP contribution in [-0.2, 0) is 13.0 Å². The molecule has 4 rings (SSSR count). The number of Topliss-reactive ketones (excluding diaryl/α,β-unsaturated/α-hetero) is 1. The number of nitrogens with zero attached hydrogens (tertiary/aromatic N) is 2. The molecule has 0 atom stereocenters. The van der Waals surface area contributed by atoms with Crippen molar-refractivity contribution < 1.29 is 9.59 Å². The molecular formula is C26H28N2O2. The van der Waals surface area contributed by atoms with E-state index in [4.69, 9.17) is 0 Å². The zero-order valence-corrected chi connectivity index (χ0v) is 18.2. The highest BCUT2D eigenvalue weighted by molar-refractivity contribution is 6.11. The number of fused-ring (bicyclic) bond motifs is 2. The molecule has 0 unspecified atom stereocenters. The summed E-state index contributed by atoms with van der Waals surface area (Å²) in [4.78, 5) is 27.3. The minimum atomic E-state index is 0.00553. The topological polar surface area (TPSA) is 42.3 Å². The summed E-state index contributed by atoms with van der Waals surface area (Å²) >= 11 is 0. The van der Waals surface area contributed by atoms with Crippen LogP contribution in [0.4, 0.5) is 5.69 Å². The molecule has 30 heavy (non-hydrogen) atoms. The van der Waals surface area contributed by atoms with Crippen molar-refractivity contribution in [2.75, 3.05) is 11.4 Å². The number of aromatic nitrogens is 1. The van der Waals surface area contributed by atoms with Crippen LogP contribution in [0.5, 0.6) is 0 Å². The van der Waals surface area contributed by atoms with E-state index in [1.807, 2.05) is 36.1 Å². The minimum absolute atomic E-state index is 0.00553. The molecule has 3 aromatic rings. The fraction of sp³-hybridized carbons (Fsp3) is 0.308. The Kier molecular flexibility index (Phi) is 5.10. The Labute approximate surface area is 177 Å². The van der Waals surface area contributed by atoms with Gasteiger partial charge in [0, 0.05) is 35.2 Å². The molecule has 2 aromatic carbocycles. The number of hydrogen-bond donors (Lipinski definition) is 0. The van der Waals surface area contributed by atoms with E-state index in [2.05, 4.69) is 43.2 Å². The van der Waals surface area contributed by atoms with Gasteiger partial charge in [0.15, 0.2) is 5.78 Å². The highest BCUT2D eigenvalue weighted by Gasteiger charge is 2.30. The van der Waals surface area contributed by atoms with Crippen LogP contribution < -0.4 is 4.90 Å². The second-order valence-electron chi connectivity index (χ2n) is 8.41. The molecule has 0 spiro atoms. The molecule has 4 heteroatoms. The van der Waals surface area contributed by atoms with E-state index in [-0.39, 0.29) is 11.7 Å². The number of carbonyl (C=O) groups is 2. The van der Waals surface area contributed by atoms with Gasteiger partial charge in [-0.25, -0.2) is 0 Å². The third kappa shape index (κ3) is 3.17.